The molecule has 2 aromatic carbocycles. The molecule has 1 atom stereocenters. The van der Waals surface area contributed by atoms with E-state index < -0.39 is 17.7 Å². The molecule has 7 heteroatoms. The van der Waals surface area contributed by atoms with Crippen molar-refractivity contribution in [1.29, 1.82) is 5.26 Å². The van der Waals surface area contributed by atoms with E-state index in [9.17, 15) is 14.4 Å². The van der Waals surface area contributed by atoms with Crippen LogP contribution in [-0.4, -0.2) is 12.6 Å². The van der Waals surface area contributed by atoms with Crippen LogP contribution in [0.5, 0.6) is 5.75 Å². The minimum absolute atomic E-state index is 0.0546. The zero-order chi connectivity index (χ0) is 21.7. The van der Waals surface area contributed by atoms with Gasteiger partial charge in [0, 0.05) is 0 Å². The van der Waals surface area contributed by atoms with Crippen LogP contribution in [0.25, 0.3) is 0 Å². The van der Waals surface area contributed by atoms with Crippen molar-refractivity contribution in [3.63, 3.8) is 0 Å². The molecule has 3 rings (SSSR count). The Kier molecular flexibility index (Phi) is 6.38. The molecule has 6 nitrogen and oxygen atoms in total. The summed E-state index contributed by atoms with van der Waals surface area (Å²) >= 11 is 0. The maximum atomic E-state index is 13.8. The maximum absolute atomic E-state index is 13.8. The van der Waals surface area contributed by atoms with Gasteiger partial charge in [0.25, 0.3) is 0 Å². The molecule has 0 saturated heterocycles. The van der Waals surface area contributed by atoms with Crippen molar-refractivity contribution in [2.75, 3.05) is 6.61 Å². The summed E-state index contributed by atoms with van der Waals surface area (Å²) in [5.41, 5.74) is 7.64. The molecule has 0 aromatic heterocycles. The van der Waals surface area contributed by atoms with E-state index in [1.165, 1.54) is 6.07 Å². The number of nitrogens with zero attached hydrogens (tertiary/aromatic N) is 1. The molecule has 0 amide bonds. The summed E-state index contributed by atoms with van der Waals surface area (Å²) in [6, 6.07) is 15.3. The normalized spacial score (nSPS) is 16.0. The number of nitrogens with two attached hydrogens (primary N) is 1. The van der Waals surface area contributed by atoms with Crippen molar-refractivity contribution in [2.45, 2.75) is 26.4 Å². The molecule has 0 spiro atoms. The first kappa shape index (κ1) is 20.9. The number of benzene rings is 2. The Hall–Kier alpha value is -3.79. The molecule has 0 saturated carbocycles. The third kappa shape index (κ3) is 4.28. The Balaban J connectivity index is 1.96. The number of esters is 1. The number of ether oxygens (including phenoxy) is 3. The first-order valence-corrected chi connectivity index (χ1v) is 9.37. The molecular weight excluding hydrogens is 387 g/mol. The van der Waals surface area contributed by atoms with Gasteiger partial charge in [0.1, 0.15) is 24.0 Å². The average molecular weight is 408 g/mol. The molecule has 1 aliphatic rings. The summed E-state index contributed by atoms with van der Waals surface area (Å²) in [6.45, 7) is 3.59. The van der Waals surface area contributed by atoms with Crippen LogP contribution in [0.3, 0.4) is 0 Å². The van der Waals surface area contributed by atoms with Gasteiger partial charge in [0.2, 0.25) is 5.88 Å². The number of para-hydroxylation sites is 1. The van der Waals surface area contributed by atoms with Crippen LogP contribution in [-0.2, 0) is 20.9 Å². The van der Waals surface area contributed by atoms with Crippen LogP contribution in [0.1, 0.15) is 30.9 Å². The molecule has 154 valence electrons. The highest BCUT2D eigenvalue weighted by molar-refractivity contribution is 5.92. The van der Waals surface area contributed by atoms with Gasteiger partial charge >= 0.3 is 5.97 Å². The smallest absolute Gasteiger partial charge is 0.338 e. The van der Waals surface area contributed by atoms with Crippen LogP contribution < -0.4 is 10.5 Å². The lowest BCUT2D eigenvalue weighted by Gasteiger charge is -2.27. The summed E-state index contributed by atoms with van der Waals surface area (Å²) in [5.74, 6) is -1.41. The van der Waals surface area contributed by atoms with Crippen molar-refractivity contribution in [2.24, 2.45) is 5.73 Å². The van der Waals surface area contributed by atoms with Crippen molar-refractivity contribution in [3.05, 3.63) is 88.3 Å². The number of halogens is 1. The minimum Gasteiger partial charge on any atom is -0.486 e. The molecule has 0 aliphatic carbocycles. The number of hydrogen-bond acceptors (Lipinski definition) is 6. The molecule has 0 fully saturated rings. The molecule has 0 bridgehead atoms. The summed E-state index contributed by atoms with van der Waals surface area (Å²) in [4.78, 5) is 12.6. The van der Waals surface area contributed by atoms with E-state index in [2.05, 4.69) is 0 Å². The van der Waals surface area contributed by atoms with Gasteiger partial charge < -0.3 is 19.9 Å². The van der Waals surface area contributed by atoms with E-state index in [-0.39, 0.29) is 41.8 Å². The quantitative estimate of drug-likeness (QED) is 0.725. The molecule has 0 radical (unpaired) electrons. The van der Waals surface area contributed by atoms with Crippen molar-refractivity contribution in [3.8, 4) is 11.8 Å². The lowest BCUT2D eigenvalue weighted by molar-refractivity contribution is -0.139. The fourth-order valence-corrected chi connectivity index (χ4v) is 3.27. The highest BCUT2D eigenvalue weighted by Crippen LogP contribution is 2.39. The topological polar surface area (TPSA) is 94.6 Å². The predicted octanol–water partition coefficient (Wildman–Crippen LogP) is 4.05. The van der Waals surface area contributed by atoms with Crippen LogP contribution in [0.2, 0.25) is 0 Å². The van der Waals surface area contributed by atoms with E-state index in [0.29, 0.717) is 5.56 Å². The van der Waals surface area contributed by atoms with Gasteiger partial charge in [-0.3, -0.25) is 0 Å². The number of allylic oxidation sites excluding steroid dienone is 2. The van der Waals surface area contributed by atoms with Crippen molar-refractivity contribution in [1.82, 2.24) is 0 Å². The Morgan fingerprint density at radius 1 is 1.27 bits per heavy atom. The van der Waals surface area contributed by atoms with Gasteiger partial charge in [-0.1, -0.05) is 36.4 Å². The second-order valence-corrected chi connectivity index (χ2v) is 6.58. The van der Waals surface area contributed by atoms with Gasteiger partial charge in [0.05, 0.1) is 18.1 Å². The Labute approximate surface area is 174 Å². The van der Waals surface area contributed by atoms with E-state index in [1.54, 1.807) is 50.2 Å². The molecule has 1 aliphatic heterocycles. The largest absolute Gasteiger partial charge is 0.486 e. The molecule has 1 heterocycles. The summed E-state index contributed by atoms with van der Waals surface area (Å²) in [5, 5.41) is 9.65. The van der Waals surface area contributed by atoms with E-state index in [0.717, 1.165) is 5.56 Å². The van der Waals surface area contributed by atoms with Gasteiger partial charge in [-0.15, -0.1) is 0 Å². The molecule has 1 unspecified atom stereocenters. The lowest BCUT2D eigenvalue weighted by atomic mass is 9.82. The van der Waals surface area contributed by atoms with Crippen LogP contribution in [0, 0.1) is 17.1 Å². The van der Waals surface area contributed by atoms with Gasteiger partial charge in [0.15, 0.2) is 11.6 Å². The Bertz CT molecular complexity index is 1070. The molecular formula is C23H21FN2O4. The summed E-state index contributed by atoms with van der Waals surface area (Å²) in [7, 11) is 0. The Morgan fingerprint density at radius 3 is 2.73 bits per heavy atom. The fourth-order valence-electron chi connectivity index (χ4n) is 3.27. The number of rotatable bonds is 6. The summed E-state index contributed by atoms with van der Waals surface area (Å²) < 4.78 is 30.0. The van der Waals surface area contributed by atoms with Crippen LogP contribution >= 0.6 is 0 Å². The standard InChI is InChI=1S/C23H21FN2O4/c1-3-28-23(27)20-14(2)30-22(26)17(12-25)21(20)16-8-6-7-15(11-16)13-29-19-10-5-4-9-18(19)24/h4-11,21H,3,13,26H2,1-2H3. The average Bonchev–Trinajstić information content (AvgIpc) is 2.73. The molecule has 30 heavy (non-hydrogen) atoms. The van der Waals surface area contributed by atoms with Gasteiger partial charge in [-0.05, 0) is 37.1 Å². The number of hydrogen-bond donors (Lipinski definition) is 1. The zero-order valence-electron chi connectivity index (χ0n) is 16.6. The van der Waals surface area contributed by atoms with Gasteiger partial charge in [-0.2, -0.15) is 5.26 Å². The number of carbonyl (C=O) groups is 1. The van der Waals surface area contributed by atoms with E-state index in [1.807, 2.05) is 12.1 Å². The summed E-state index contributed by atoms with van der Waals surface area (Å²) in [6.07, 6.45) is 0. The van der Waals surface area contributed by atoms with Gasteiger partial charge in [-0.25, -0.2) is 9.18 Å². The first-order valence-electron chi connectivity index (χ1n) is 9.37. The monoisotopic (exact) mass is 408 g/mol. The second-order valence-electron chi connectivity index (χ2n) is 6.58. The minimum atomic E-state index is -0.740. The molecule has 2 N–H and O–H groups in total. The van der Waals surface area contributed by atoms with E-state index >= 15 is 0 Å². The van der Waals surface area contributed by atoms with E-state index in [4.69, 9.17) is 19.9 Å². The third-order valence-electron chi connectivity index (χ3n) is 4.62. The first-order chi connectivity index (χ1) is 14.5. The fraction of sp³-hybridized carbons (Fsp3) is 0.217. The van der Waals surface area contributed by atoms with Crippen LogP contribution in [0.15, 0.2) is 71.3 Å². The lowest BCUT2D eigenvalue weighted by Crippen LogP contribution is -2.25. The molecule has 2 aromatic rings. The van der Waals surface area contributed by atoms with Crippen LogP contribution in [0.4, 0.5) is 4.39 Å². The predicted molar refractivity (Wildman–Crippen MR) is 107 cm³/mol. The number of nitriles is 1. The SMILES string of the molecule is CCOC(=O)C1=C(C)OC(N)=C(C#N)C1c1cccc(COc2ccccc2F)c1. The zero-order valence-corrected chi connectivity index (χ0v) is 16.6. The maximum Gasteiger partial charge on any atom is 0.338 e. The highest BCUT2D eigenvalue weighted by Gasteiger charge is 2.36. The Morgan fingerprint density at radius 2 is 2.03 bits per heavy atom. The highest BCUT2D eigenvalue weighted by atomic mass is 19.1. The second kappa shape index (κ2) is 9.14. The number of carbonyl (C=O) groups excluding carboxylic acids is 1. The van der Waals surface area contributed by atoms with Crippen molar-refractivity contribution < 1.29 is 23.4 Å². The third-order valence-corrected chi connectivity index (χ3v) is 4.62. The van der Waals surface area contributed by atoms with Crippen molar-refractivity contribution >= 4 is 5.97 Å².